The van der Waals surface area contributed by atoms with Crippen LogP contribution in [-0.4, -0.2) is 87.5 Å². The van der Waals surface area contributed by atoms with E-state index in [1.165, 1.54) is 135 Å². The molecule has 1 amide bonds. The first-order valence-corrected chi connectivity index (χ1v) is 23.2. The Morgan fingerprint density at radius 2 is 1.05 bits per heavy atom. The van der Waals surface area contributed by atoms with E-state index in [1.807, 2.05) is 6.08 Å². The first-order valence-electron chi connectivity index (χ1n) is 23.2. The summed E-state index contributed by atoms with van der Waals surface area (Å²) >= 11 is 0. The van der Waals surface area contributed by atoms with Crippen molar-refractivity contribution in [2.24, 2.45) is 0 Å². The predicted molar refractivity (Wildman–Crippen MR) is 230 cm³/mol. The van der Waals surface area contributed by atoms with E-state index in [0.29, 0.717) is 6.42 Å². The highest BCUT2D eigenvalue weighted by molar-refractivity contribution is 5.76. The number of aliphatic hydroxyl groups excluding tert-OH is 5. The van der Waals surface area contributed by atoms with Gasteiger partial charge in [0.15, 0.2) is 6.29 Å². The minimum atomic E-state index is -1.56. The van der Waals surface area contributed by atoms with E-state index in [2.05, 4.69) is 43.5 Å². The molecule has 0 aromatic rings. The second-order valence-corrected chi connectivity index (χ2v) is 16.2. The zero-order valence-electron chi connectivity index (χ0n) is 35.9. The van der Waals surface area contributed by atoms with Crippen LogP contribution in [-0.2, 0) is 14.3 Å². The van der Waals surface area contributed by atoms with Gasteiger partial charge in [-0.1, -0.05) is 179 Å². The summed E-state index contributed by atoms with van der Waals surface area (Å²) in [7, 11) is 0. The summed E-state index contributed by atoms with van der Waals surface area (Å²) in [5.74, 6) is -0.182. The van der Waals surface area contributed by atoms with Gasteiger partial charge in [0.1, 0.15) is 24.4 Å². The van der Waals surface area contributed by atoms with Gasteiger partial charge in [0, 0.05) is 6.42 Å². The van der Waals surface area contributed by atoms with Crippen LogP contribution in [0.2, 0.25) is 0 Å². The van der Waals surface area contributed by atoms with Crippen molar-refractivity contribution in [2.45, 2.75) is 243 Å². The maximum atomic E-state index is 12.9. The summed E-state index contributed by atoms with van der Waals surface area (Å²) in [4.78, 5) is 12.9. The molecule has 1 heterocycles. The second-order valence-electron chi connectivity index (χ2n) is 16.2. The Balaban J connectivity index is 2.26. The monoisotopic (exact) mass is 794 g/mol. The smallest absolute Gasteiger partial charge is 0.220 e. The number of carbonyl (C=O) groups excluding carboxylic acids is 1. The average Bonchev–Trinajstić information content (AvgIpc) is 3.20. The van der Waals surface area contributed by atoms with Crippen molar-refractivity contribution in [1.29, 1.82) is 0 Å². The van der Waals surface area contributed by atoms with Crippen molar-refractivity contribution in [1.82, 2.24) is 5.32 Å². The van der Waals surface area contributed by atoms with Crippen LogP contribution in [0.3, 0.4) is 0 Å². The molecule has 56 heavy (non-hydrogen) atoms. The molecular weight excluding hydrogens is 707 g/mol. The fourth-order valence-corrected chi connectivity index (χ4v) is 7.19. The van der Waals surface area contributed by atoms with Crippen LogP contribution in [0.4, 0.5) is 0 Å². The number of unbranched alkanes of at least 4 members (excludes halogenated alkanes) is 24. The molecule has 6 N–H and O–H groups in total. The van der Waals surface area contributed by atoms with E-state index in [-0.39, 0.29) is 12.5 Å². The fraction of sp³-hybridized carbons (Fsp3) is 0.851. The zero-order chi connectivity index (χ0) is 40.9. The maximum absolute atomic E-state index is 12.9. The lowest BCUT2D eigenvalue weighted by molar-refractivity contribution is -0.302. The van der Waals surface area contributed by atoms with Gasteiger partial charge in [-0.2, -0.15) is 0 Å². The van der Waals surface area contributed by atoms with Gasteiger partial charge in [-0.15, -0.1) is 0 Å². The number of hydrogen-bond acceptors (Lipinski definition) is 8. The highest BCUT2D eigenvalue weighted by Gasteiger charge is 2.44. The third kappa shape index (κ3) is 27.9. The second kappa shape index (κ2) is 37.7. The predicted octanol–water partition coefficient (Wildman–Crippen LogP) is 9.67. The van der Waals surface area contributed by atoms with Gasteiger partial charge in [-0.25, -0.2) is 0 Å². The van der Waals surface area contributed by atoms with Crippen molar-refractivity contribution in [3.63, 3.8) is 0 Å². The molecule has 9 nitrogen and oxygen atoms in total. The van der Waals surface area contributed by atoms with Crippen molar-refractivity contribution in [3.05, 3.63) is 36.5 Å². The minimum absolute atomic E-state index is 0.182. The summed E-state index contributed by atoms with van der Waals surface area (Å²) in [6.45, 7) is 3.73. The number of allylic oxidation sites excluding steroid dienone is 5. The number of carbonyl (C=O) groups is 1. The number of amides is 1. The van der Waals surface area contributed by atoms with Gasteiger partial charge < -0.3 is 40.3 Å². The molecule has 0 spiro atoms. The summed E-state index contributed by atoms with van der Waals surface area (Å²) < 4.78 is 11.2. The molecule has 7 unspecified atom stereocenters. The number of hydrogen-bond donors (Lipinski definition) is 6. The third-order valence-corrected chi connectivity index (χ3v) is 11.0. The number of rotatable bonds is 38. The molecule has 0 aliphatic carbocycles. The third-order valence-electron chi connectivity index (χ3n) is 11.0. The van der Waals surface area contributed by atoms with E-state index < -0.39 is 49.5 Å². The largest absolute Gasteiger partial charge is 0.394 e. The van der Waals surface area contributed by atoms with Gasteiger partial charge in [0.25, 0.3) is 0 Å². The SMILES string of the molecule is CCCCCCC/C=C\C/C=C\CCCCCCCCCCCCCC(=O)NC(COC1OC(CO)C(O)C(O)C1O)C(O)/C=C/CCCCCCCCCC. The maximum Gasteiger partial charge on any atom is 0.220 e. The van der Waals surface area contributed by atoms with Crippen molar-refractivity contribution in [2.75, 3.05) is 13.2 Å². The first kappa shape index (κ1) is 52.4. The molecule has 9 heteroatoms. The molecule has 0 saturated carbocycles. The Bertz CT molecular complexity index is 972. The van der Waals surface area contributed by atoms with Gasteiger partial charge in [0.2, 0.25) is 5.91 Å². The summed E-state index contributed by atoms with van der Waals surface area (Å²) in [5, 5.41) is 54.1. The van der Waals surface area contributed by atoms with Crippen LogP contribution in [0, 0.1) is 0 Å². The van der Waals surface area contributed by atoms with Crippen LogP contribution < -0.4 is 5.32 Å². The van der Waals surface area contributed by atoms with Crippen molar-refractivity contribution >= 4 is 5.91 Å². The van der Waals surface area contributed by atoms with Crippen LogP contribution >= 0.6 is 0 Å². The lowest BCUT2D eigenvalue weighted by Crippen LogP contribution is -2.60. The Hall–Kier alpha value is -1.59. The molecule has 0 radical (unpaired) electrons. The molecule has 0 bridgehead atoms. The molecule has 1 saturated heterocycles. The van der Waals surface area contributed by atoms with Crippen LogP contribution in [0.5, 0.6) is 0 Å². The molecular formula is C47H87NO8. The molecule has 328 valence electrons. The summed E-state index contributed by atoms with van der Waals surface area (Å²) in [6.07, 6.45) is 39.1. The van der Waals surface area contributed by atoms with Gasteiger partial charge in [-0.3, -0.25) is 4.79 Å². The van der Waals surface area contributed by atoms with E-state index in [4.69, 9.17) is 9.47 Å². The normalized spacial score (nSPS) is 21.4. The number of ether oxygens (including phenoxy) is 2. The standard InChI is InChI=1S/C47H87NO8/c1-3-5-7-9-11-13-15-16-17-18-19-20-21-22-23-24-25-26-27-29-31-33-35-37-43(51)48-40(39-55-47-46(54)45(53)44(52)42(38-49)56-47)41(50)36-34-32-30-28-14-12-10-8-6-4-2/h15-16,18-19,34,36,40-42,44-47,49-50,52-54H,3-14,17,20-33,35,37-39H2,1-2H3,(H,48,51)/b16-15-,19-18-,36-34+. The zero-order valence-corrected chi connectivity index (χ0v) is 35.9. The topological polar surface area (TPSA) is 149 Å². The van der Waals surface area contributed by atoms with E-state index in [1.54, 1.807) is 6.08 Å². The Morgan fingerprint density at radius 1 is 0.607 bits per heavy atom. The molecule has 0 aromatic heterocycles. The van der Waals surface area contributed by atoms with Gasteiger partial charge in [0.05, 0.1) is 25.4 Å². The fourth-order valence-electron chi connectivity index (χ4n) is 7.19. The number of aliphatic hydroxyl groups is 5. The van der Waals surface area contributed by atoms with Crippen LogP contribution in [0.15, 0.2) is 36.5 Å². The molecule has 1 aliphatic rings. The van der Waals surface area contributed by atoms with Gasteiger partial charge >= 0.3 is 0 Å². The molecule has 1 aliphatic heterocycles. The summed E-state index contributed by atoms with van der Waals surface area (Å²) in [5.41, 5.74) is 0. The number of nitrogens with one attached hydrogen (secondary N) is 1. The van der Waals surface area contributed by atoms with E-state index in [0.717, 1.165) is 44.9 Å². The summed E-state index contributed by atoms with van der Waals surface area (Å²) in [6, 6.07) is -0.803. The molecule has 7 atom stereocenters. The Morgan fingerprint density at radius 3 is 1.54 bits per heavy atom. The molecule has 1 fully saturated rings. The van der Waals surface area contributed by atoms with Crippen LogP contribution in [0.25, 0.3) is 0 Å². The van der Waals surface area contributed by atoms with Crippen molar-refractivity contribution in [3.8, 4) is 0 Å². The van der Waals surface area contributed by atoms with Crippen molar-refractivity contribution < 1.29 is 39.8 Å². The quantitative estimate of drug-likeness (QED) is 0.0268. The lowest BCUT2D eigenvalue weighted by atomic mass is 9.99. The van der Waals surface area contributed by atoms with E-state index in [9.17, 15) is 30.3 Å². The van der Waals surface area contributed by atoms with E-state index >= 15 is 0 Å². The first-order chi connectivity index (χ1) is 27.3. The Labute approximate surface area is 342 Å². The average molecular weight is 794 g/mol. The lowest BCUT2D eigenvalue weighted by Gasteiger charge is -2.40. The molecule has 0 aromatic carbocycles. The highest BCUT2D eigenvalue weighted by Crippen LogP contribution is 2.22. The highest BCUT2D eigenvalue weighted by atomic mass is 16.7. The minimum Gasteiger partial charge on any atom is -0.394 e. The molecule has 1 rings (SSSR count). The Kier molecular flexibility index (Phi) is 35.3. The van der Waals surface area contributed by atoms with Crippen LogP contribution in [0.1, 0.15) is 200 Å². The van der Waals surface area contributed by atoms with Gasteiger partial charge in [-0.05, 0) is 51.4 Å².